The minimum atomic E-state index is 0.702. The number of terminal acetylenes is 1. The summed E-state index contributed by atoms with van der Waals surface area (Å²) in [6, 6.07) is 0.702. The van der Waals surface area contributed by atoms with Crippen LogP contribution in [0, 0.1) is 12.3 Å². The van der Waals surface area contributed by atoms with Gasteiger partial charge in [0, 0.05) is 25.6 Å². The maximum atomic E-state index is 5.21. The second-order valence-electron chi connectivity index (χ2n) is 3.30. The van der Waals surface area contributed by atoms with Crippen molar-refractivity contribution in [3.63, 3.8) is 0 Å². The van der Waals surface area contributed by atoms with E-state index in [0.717, 1.165) is 19.5 Å². The van der Waals surface area contributed by atoms with E-state index >= 15 is 0 Å². The van der Waals surface area contributed by atoms with Crippen LogP contribution in [0.5, 0.6) is 0 Å². The molecule has 1 heterocycles. The van der Waals surface area contributed by atoms with Gasteiger partial charge < -0.3 is 10.2 Å². The lowest BCUT2D eigenvalue weighted by molar-refractivity contribution is 0.336. The van der Waals surface area contributed by atoms with E-state index in [1.54, 1.807) is 0 Å². The van der Waals surface area contributed by atoms with Crippen molar-refractivity contribution in [3.8, 4) is 12.3 Å². The Kier molecular flexibility index (Phi) is 4.13. The molecule has 1 atom stereocenters. The topological polar surface area (TPSA) is 15.3 Å². The molecule has 0 bridgehead atoms. The first-order valence-electron chi connectivity index (χ1n) is 4.76. The van der Waals surface area contributed by atoms with E-state index in [-0.39, 0.29) is 0 Å². The molecule has 0 spiro atoms. The van der Waals surface area contributed by atoms with E-state index in [1.165, 1.54) is 19.5 Å². The quantitative estimate of drug-likeness (QED) is 0.618. The summed E-state index contributed by atoms with van der Waals surface area (Å²) in [4.78, 5) is 2.44. The summed E-state index contributed by atoms with van der Waals surface area (Å²) in [7, 11) is 0. The fourth-order valence-corrected chi connectivity index (χ4v) is 1.71. The van der Waals surface area contributed by atoms with E-state index in [4.69, 9.17) is 6.42 Å². The molecule has 1 saturated heterocycles. The Balaban J connectivity index is 2.13. The molecule has 1 unspecified atom stereocenters. The minimum absolute atomic E-state index is 0.702. The maximum Gasteiger partial charge on any atom is 0.0214 e. The summed E-state index contributed by atoms with van der Waals surface area (Å²) in [6.07, 6.45) is 7.37. The second-order valence-corrected chi connectivity index (χ2v) is 3.30. The van der Waals surface area contributed by atoms with Crippen molar-refractivity contribution >= 4 is 0 Å². The molecular formula is C10H18N2. The Bertz CT molecular complexity index is 160. The molecule has 0 amide bonds. The predicted octanol–water partition coefficient (Wildman–Crippen LogP) is 0.694. The zero-order chi connectivity index (χ0) is 8.81. The summed E-state index contributed by atoms with van der Waals surface area (Å²) in [5, 5.41) is 3.46. The van der Waals surface area contributed by atoms with Crippen LogP contribution in [0.1, 0.15) is 19.8 Å². The van der Waals surface area contributed by atoms with Crippen molar-refractivity contribution in [3.05, 3.63) is 0 Å². The summed E-state index contributed by atoms with van der Waals surface area (Å²) in [5.41, 5.74) is 0. The van der Waals surface area contributed by atoms with Crippen molar-refractivity contribution < 1.29 is 0 Å². The molecule has 0 aromatic rings. The van der Waals surface area contributed by atoms with E-state index in [1.807, 2.05) is 0 Å². The highest BCUT2D eigenvalue weighted by atomic mass is 15.2. The van der Waals surface area contributed by atoms with E-state index in [2.05, 4.69) is 23.1 Å². The number of nitrogens with zero attached hydrogens (tertiary/aromatic N) is 1. The number of hydrogen-bond acceptors (Lipinski definition) is 2. The summed E-state index contributed by atoms with van der Waals surface area (Å²) < 4.78 is 0. The molecule has 2 nitrogen and oxygen atoms in total. The number of hydrogen-bond donors (Lipinski definition) is 1. The van der Waals surface area contributed by atoms with E-state index < -0.39 is 0 Å². The summed E-state index contributed by atoms with van der Waals surface area (Å²) >= 11 is 0. The fraction of sp³-hybridized carbons (Fsp3) is 0.800. The van der Waals surface area contributed by atoms with Crippen LogP contribution in [0.3, 0.4) is 0 Å². The number of rotatable bonds is 4. The maximum absolute atomic E-state index is 5.21. The van der Waals surface area contributed by atoms with Crippen molar-refractivity contribution in [1.29, 1.82) is 0 Å². The van der Waals surface area contributed by atoms with E-state index in [0.29, 0.717) is 6.04 Å². The smallest absolute Gasteiger partial charge is 0.0214 e. The van der Waals surface area contributed by atoms with Gasteiger partial charge in [0.1, 0.15) is 0 Å². The molecule has 1 fully saturated rings. The fourth-order valence-electron chi connectivity index (χ4n) is 1.71. The highest BCUT2D eigenvalue weighted by Gasteiger charge is 2.20. The molecule has 68 valence electrons. The molecule has 1 aliphatic heterocycles. The van der Waals surface area contributed by atoms with Crippen molar-refractivity contribution in [2.75, 3.05) is 26.2 Å². The monoisotopic (exact) mass is 166 g/mol. The molecule has 0 saturated carbocycles. The Labute approximate surface area is 75.3 Å². The van der Waals surface area contributed by atoms with Gasteiger partial charge in [-0.15, -0.1) is 12.3 Å². The van der Waals surface area contributed by atoms with Crippen LogP contribution < -0.4 is 5.32 Å². The molecule has 1 aliphatic rings. The van der Waals surface area contributed by atoms with Gasteiger partial charge in [-0.1, -0.05) is 6.92 Å². The standard InChI is InChI=1S/C10H18N2/c1-3-5-7-12-8-6-10(9-12)11-4-2/h1,10-11H,4-9H2,2H3. The van der Waals surface area contributed by atoms with Gasteiger partial charge >= 0.3 is 0 Å². The van der Waals surface area contributed by atoms with Gasteiger partial charge in [-0.3, -0.25) is 0 Å². The van der Waals surface area contributed by atoms with Crippen molar-refractivity contribution in [1.82, 2.24) is 10.2 Å². The predicted molar refractivity (Wildman–Crippen MR) is 52.0 cm³/mol. The van der Waals surface area contributed by atoms with Gasteiger partial charge in [-0.25, -0.2) is 0 Å². The normalized spacial score (nSPS) is 24.2. The Morgan fingerprint density at radius 2 is 2.50 bits per heavy atom. The Hall–Kier alpha value is -0.520. The molecule has 1 N–H and O–H groups in total. The average Bonchev–Trinajstić information content (AvgIpc) is 2.50. The van der Waals surface area contributed by atoms with Gasteiger partial charge in [0.05, 0.1) is 0 Å². The van der Waals surface area contributed by atoms with Crippen molar-refractivity contribution in [2.24, 2.45) is 0 Å². The first-order chi connectivity index (χ1) is 5.86. The molecule has 0 aromatic carbocycles. The van der Waals surface area contributed by atoms with Crippen LogP contribution in [0.15, 0.2) is 0 Å². The number of likely N-dealkylation sites (tertiary alicyclic amines) is 1. The molecule has 0 aliphatic carbocycles. The Morgan fingerprint density at radius 1 is 1.67 bits per heavy atom. The van der Waals surface area contributed by atoms with Crippen LogP contribution in [0.25, 0.3) is 0 Å². The van der Waals surface area contributed by atoms with Gasteiger partial charge in [0.25, 0.3) is 0 Å². The third-order valence-electron chi connectivity index (χ3n) is 2.34. The number of likely N-dealkylation sites (N-methyl/N-ethyl adjacent to an activating group) is 1. The highest BCUT2D eigenvalue weighted by molar-refractivity contribution is 4.87. The van der Waals surface area contributed by atoms with Crippen LogP contribution in [-0.4, -0.2) is 37.1 Å². The average molecular weight is 166 g/mol. The van der Waals surface area contributed by atoms with Gasteiger partial charge in [-0.2, -0.15) is 0 Å². The molecule has 0 radical (unpaired) electrons. The van der Waals surface area contributed by atoms with Gasteiger partial charge in [-0.05, 0) is 19.5 Å². The second kappa shape index (κ2) is 5.18. The first-order valence-corrected chi connectivity index (χ1v) is 4.76. The zero-order valence-corrected chi connectivity index (χ0v) is 7.84. The van der Waals surface area contributed by atoms with Crippen LogP contribution in [-0.2, 0) is 0 Å². The molecular weight excluding hydrogens is 148 g/mol. The highest BCUT2D eigenvalue weighted by Crippen LogP contribution is 2.08. The first kappa shape index (κ1) is 9.57. The summed E-state index contributed by atoms with van der Waals surface area (Å²) in [5.74, 6) is 2.68. The lowest BCUT2D eigenvalue weighted by Crippen LogP contribution is -2.32. The molecule has 2 heteroatoms. The van der Waals surface area contributed by atoms with Crippen LogP contribution >= 0.6 is 0 Å². The minimum Gasteiger partial charge on any atom is -0.313 e. The van der Waals surface area contributed by atoms with Crippen LogP contribution in [0.4, 0.5) is 0 Å². The molecule has 1 rings (SSSR count). The lowest BCUT2D eigenvalue weighted by Gasteiger charge is -2.14. The van der Waals surface area contributed by atoms with E-state index in [9.17, 15) is 0 Å². The summed E-state index contributed by atoms with van der Waals surface area (Å²) in [6.45, 7) is 6.69. The largest absolute Gasteiger partial charge is 0.313 e. The molecule has 0 aromatic heterocycles. The third-order valence-corrected chi connectivity index (χ3v) is 2.34. The van der Waals surface area contributed by atoms with Gasteiger partial charge in [0.2, 0.25) is 0 Å². The number of nitrogens with one attached hydrogen (secondary N) is 1. The Morgan fingerprint density at radius 3 is 3.17 bits per heavy atom. The van der Waals surface area contributed by atoms with Crippen molar-refractivity contribution in [2.45, 2.75) is 25.8 Å². The molecule has 12 heavy (non-hydrogen) atoms. The van der Waals surface area contributed by atoms with Crippen LogP contribution in [0.2, 0.25) is 0 Å². The van der Waals surface area contributed by atoms with Gasteiger partial charge in [0.15, 0.2) is 0 Å². The zero-order valence-electron chi connectivity index (χ0n) is 7.84. The lowest BCUT2D eigenvalue weighted by atomic mass is 10.3. The third kappa shape index (κ3) is 2.84. The SMILES string of the molecule is C#CCCN1CCC(NCC)C1.